The van der Waals surface area contributed by atoms with Crippen molar-refractivity contribution in [1.29, 1.82) is 0 Å². The minimum absolute atomic E-state index is 0.0450. The largest absolute Gasteiger partial charge is 0.349 e. The van der Waals surface area contributed by atoms with Gasteiger partial charge in [-0.05, 0) is 25.8 Å². The maximum Gasteiger partial charge on any atom is 0.228 e. The third kappa shape index (κ3) is 3.82. The van der Waals surface area contributed by atoms with Gasteiger partial charge >= 0.3 is 0 Å². The molecule has 2 amide bonds. The highest BCUT2D eigenvalue weighted by molar-refractivity contribution is 7.14. The summed E-state index contributed by atoms with van der Waals surface area (Å²) in [5, 5.41) is 5.56. The van der Waals surface area contributed by atoms with E-state index in [0.29, 0.717) is 17.2 Å². The lowest BCUT2D eigenvalue weighted by Crippen LogP contribution is -2.28. The van der Waals surface area contributed by atoms with Crippen molar-refractivity contribution in [3.63, 3.8) is 0 Å². The van der Waals surface area contributed by atoms with Crippen LogP contribution >= 0.6 is 11.3 Å². The summed E-state index contributed by atoms with van der Waals surface area (Å²) in [4.78, 5) is 30.1. The number of nitrogens with zero attached hydrogens (tertiary/aromatic N) is 2. The molecule has 126 valence electrons. The lowest BCUT2D eigenvalue weighted by molar-refractivity contribution is -0.121. The van der Waals surface area contributed by atoms with Gasteiger partial charge in [0.05, 0.1) is 18.2 Å². The number of hydrogen-bond acceptors (Lipinski definition) is 4. The van der Waals surface area contributed by atoms with Crippen LogP contribution < -0.4 is 10.2 Å². The minimum atomic E-state index is -0.0623. The van der Waals surface area contributed by atoms with E-state index >= 15 is 0 Å². The smallest absolute Gasteiger partial charge is 0.228 e. The molecule has 1 aromatic heterocycles. The molecule has 1 aromatic carbocycles. The predicted octanol–water partition coefficient (Wildman–Crippen LogP) is 3.00. The van der Waals surface area contributed by atoms with Gasteiger partial charge in [0, 0.05) is 18.3 Å². The Balaban J connectivity index is 1.58. The zero-order valence-electron chi connectivity index (χ0n) is 13.9. The molecule has 0 radical (unpaired) electrons. The Labute approximate surface area is 145 Å². The summed E-state index contributed by atoms with van der Waals surface area (Å²) in [6.07, 6.45) is 1.69. The van der Waals surface area contributed by atoms with Crippen molar-refractivity contribution in [2.45, 2.75) is 39.2 Å². The van der Waals surface area contributed by atoms with Gasteiger partial charge in [0.15, 0.2) is 5.13 Å². The first kappa shape index (κ1) is 16.6. The number of aryl methyl sites for hydroxylation is 1. The lowest BCUT2D eigenvalue weighted by Gasteiger charge is -2.14. The van der Waals surface area contributed by atoms with Gasteiger partial charge in [-0.25, -0.2) is 4.98 Å². The van der Waals surface area contributed by atoms with Crippen LogP contribution in [0.15, 0.2) is 29.6 Å². The van der Waals surface area contributed by atoms with Crippen LogP contribution in [0.3, 0.4) is 0 Å². The van der Waals surface area contributed by atoms with Crippen LogP contribution in [0.1, 0.15) is 42.6 Å². The van der Waals surface area contributed by atoms with E-state index in [9.17, 15) is 9.59 Å². The molecule has 0 saturated carbocycles. The van der Waals surface area contributed by atoms with Gasteiger partial charge in [0.25, 0.3) is 0 Å². The summed E-state index contributed by atoms with van der Waals surface area (Å²) in [6, 6.07) is 8.09. The van der Waals surface area contributed by atoms with Crippen LogP contribution in [0, 0.1) is 6.92 Å². The number of nitrogens with one attached hydrogen (secondary N) is 1. The first-order valence-electron chi connectivity index (χ1n) is 8.13. The van der Waals surface area contributed by atoms with Crippen LogP contribution in [0.5, 0.6) is 0 Å². The molecule has 2 aromatic rings. The number of hydrogen-bond donors (Lipinski definition) is 1. The van der Waals surface area contributed by atoms with Crippen LogP contribution in [0.4, 0.5) is 5.13 Å². The van der Waals surface area contributed by atoms with E-state index in [0.717, 1.165) is 18.5 Å². The zero-order chi connectivity index (χ0) is 17.1. The molecule has 1 atom stereocenters. The maximum absolute atomic E-state index is 12.2. The highest BCUT2D eigenvalue weighted by Crippen LogP contribution is 2.25. The summed E-state index contributed by atoms with van der Waals surface area (Å²) in [5.74, 6) is 0.0565. The van der Waals surface area contributed by atoms with Crippen molar-refractivity contribution in [1.82, 2.24) is 10.3 Å². The second-order valence-corrected chi connectivity index (χ2v) is 6.98. The maximum atomic E-state index is 12.2. The molecule has 1 aliphatic rings. The van der Waals surface area contributed by atoms with Crippen molar-refractivity contribution >= 4 is 28.3 Å². The number of rotatable bonds is 5. The Hall–Kier alpha value is -2.21. The number of aromatic nitrogens is 1. The number of benzene rings is 1. The molecular weight excluding hydrogens is 322 g/mol. The van der Waals surface area contributed by atoms with E-state index in [1.165, 1.54) is 16.9 Å². The van der Waals surface area contributed by atoms with Gasteiger partial charge in [-0.1, -0.05) is 29.8 Å². The number of carbonyl (C=O) groups is 2. The van der Waals surface area contributed by atoms with E-state index in [2.05, 4.69) is 10.3 Å². The fourth-order valence-corrected chi connectivity index (χ4v) is 3.62. The average Bonchev–Trinajstić information content (AvgIpc) is 3.16. The van der Waals surface area contributed by atoms with Gasteiger partial charge in [0.2, 0.25) is 11.8 Å². The molecule has 6 heteroatoms. The van der Waals surface area contributed by atoms with E-state index in [1.807, 2.05) is 43.5 Å². The van der Waals surface area contributed by atoms with Crippen LogP contribution in [-0.2, 0) is 16.0 Å². The van der Waals surface area contributed by atoms with E-state index < -0.39 is 0 Å². The molecule has 0 spiro atoms. The van der Waals surface area contributed by atoms with Crippen LogP contribution in [0.25, 0.3) is 0 Å². The third-order valence-corrected chi connectivity index (χ3v) is 5.05. The van der Waals surface area contributed by atoms with Gasteiger partial charge < -0.3 is 5.32 Å². The molecule has 1 fully saturated rings. The number of amides is 2. The van der Waals surface area contributed by atoms with Crippen LogP contribution in [-0.4, -0.2) is 23.3 Å². The molecule has 3 rings (SSSR count). The summed E-state index contributed by atoms with van der Waals surface area (Å²) in [5.41, 5.74) is 2.99. The summed E-state index contributed by atoms with van der Waals surface area (Å²) >= 11 is 1.42. The lowest BCUT2D eigenvalue weighted by atomic mass is 10.1. The Morgan fingerprint density at radius 2 is 2.12 bits per heavy atom. The van der Waals surface area contributed by atoms with Crippen LogP contribution in [0.2, 0.25) is 0 Å². The zero-order valence-corrected chi connectivity index (χ0v) is 14.7. The van der Waals surface area contributed by atoms with Crippen molar-refractivity contribution in [3.8, 4) is 0 Å². The first-order chi connectivity index (χ1) is 11.5. The van der Waals surface area contributed by atoms with Gasteiger partial charge in [0.1, 0.15) is 0 Å². The first-order valence-corrected chi connectivity index (χ1v) is 9.01. The van der Waals surface area contributed by atoms with E-state index in [4.69, 9.17) is 0 Å². The normalized spacial score (nSPS) is 15.6. The molecule has 0 unspecified atom stereocenters. The van der Waals surface area contributed by atoms with Crippen molar-refractivity contribution in [2.24, 2.45) is 0 Å². The number of anilines is 1. The van der Waals surface area contributed by atoms with Gasteiger partial charge in [-0.2, -0.15) is 0 Å². The Morgan fingerprint density at radius 3 is 2.79 bits per heavy atom. The standard InChI is InChI=1S/C18H21N3O2S/c1-12-5-7-14(8-6-12)13(2)19-16(22)10-15-11-24-18(20-15)21-9-3-4-17(21)23/h5-8,11,13H,3-4,9-10H2,1-2H3,(H,19,22)/t13-/m0/s1. The second kappa shape index (κ2) is 7.13. The molecule has 0 bridgehead atoms. The summed E-state index contributed by atoms with van der Waals surface area (Å²) in [7, 11) is 0. The fourth-order valence-electron chi connectivity index (χ4n) is 2.75. The van der Waals surface area contributed by atoms with Crippen molar-refractivity contribution in [3.05, 3.63) is 46.5 Å². The number of thiazole rings is 1. The molecule has 1 aliphatic heterocycles. The van der Waals surface area contributed by atoms with Gasteiger partial charge in [-0.15, -0.1) is 11.3 Å². The minimum Gasteiger partial charge on any atom is -0.349 e. The topological polar surface area (TPSA) is 62.3 Å². The third-order valence-electron chi connectivity index (χ3n) is 4.14. The van der Waals surface area contributed by atoms with Crippen molar-refractivity contribution < 1.29 is 9.59 Å². The average molecular weight is 343 g/mol. The Kier molecular flexibility index (Phi) is 4.94. The predicted molar refractivity (Wildman–Crippen MR) is 95.1 cm³/mol. The molecule has 0 aliphatic carbocycles. The molecule has 5 nitrogen and oxygen atoms in total. The molecule has 1 N–H and O–H groups in total. The monoisotopic (exact) mass is 343 g/mol. The molecule has 1 saturated heterocycles. The number of carbonyl (C=O) groups excluding carboxylic acids is 2. The van der Waals surface area contributed by atoms with Crippen molar-refractivity contribution in [2.75, 3.05) is 11.4 Å². The molecule has 24 heavy (non-hydrogen) atoms. The van der Waals surface area contributed by atoms with Gasteiger partial charge in [-0.3, -0.25) is 14.5 Å². The van der Waals surface area contributed by atoms with E-state index in [1.54, 1.807) is 4.90 Å². The second-order valence-electron chi connectivity index (χ2n) is 6.15. The molecular formula is C18H21N3O2S. The SMILES string of the molecule is Cc1ccc([C@H](C)NC(=O)Cc2csc(N3CCCC3=O)n2)cc1. The summed E-state index contributed by atoms with van der Waals surface area (Å²) < 4.78 is 0. The quantitative estimate of drug-likeness (QED) is 0.908. The highest BCUT2D eigenvalue weighted by Gasteiger charge is 2.24. The van der Waals surface area contributed by atoms with E-state index in [-0.39, 0.29) is 24.3 Å². The Morgan fingerprint density at radius 1 is 1.38 bits per heavy atom. The highest BCUT2D eigenvalue weighted by atomic mass is 32.1. The Bertz CT molecular complexity index is 739. The summed E-state index contributed by atoms with van der Waals surface area (Å²) in [6.45, 7) is 4.73. The molecule has 2 heterocycles. The fraction of sp³-hybridized carbons (Fsp3) is 0.389.